The molecule has 1 aliphatic carbocycles. The minimum absolute atomic E-state index is 0.138. The van der Waals surface area contributed by atoms with Gasteiger partial charge < -0.3 is 4.90 Å². The standard InChI is InChI=1S/C15H18N2/c1-17-8-5-13(10-17)12-3-2-4-14(9-12)15(11-16)6-7-15/h2-4,9,13H,5-8,10H2,1H3. The molecule has 0 aromatic heterocycles. The van der Waals surface area contributed by atoms with Crippen LogP contribution < -0.4 is 0 Å². The summed E-state index contributed by atoms with van der Waals surface area (Å²) in [4.78, 5) is 2.38. The fourth-order valence-electron chi connectivity index (χ4n) is 2.89. The van der Waals surface area contributed by atoms with Crippen LogP contribution in [-0.2, 0) is 5.41 Å². The summed E-state index contributed by atoms with van der Waals surface area (Å²) in [6.45, 7) is 2.35. The van der Waals surface area contributed by atoms with Gasteiger partial charge in [-0.2, -0.15) is 5.26 Å². The molecule has 2 nitrogen and oxygen atoms in total. The van der Waals surface area contributed by atoms with Crippen LogP contribution in [0.1, 0.15) is 36.3 Å². The Labute approximate surface area is 103 Å². The van der Waals surface area contributed by atoms with Crippen molar-refractivity contribution in [2.24, 2.45) is 0 Å². The van der Waals surface area contributed by atoms with Crippen molar-refractivity contribution in [3.8, 4) is 6.07 Å². The van der Waals surface area contributed by atoms with E-state index in [4.69, 9.17) is 0 Å². The monoisotopic (exact) mass is 226 g/mol. The number of likely N-dealkylation sites (N-methyl/N-ethyl adjacent to an activating group) is 1. The lowest BCUT2D eigenvalue weighted by atomic mass is 9.91. The van der Waals surface area contributed by atoms with E-state index >= 15 is 0 Å². The lowest BCUT2D eigenvalue weighted by Gasteiger charge is -2.14. The molecule has 1 aliphatic heterocycles. The molecule has 0 bridgehead atoms. The molecule has 2 aliphatic rings. The molecular formula is C15H18N2. The average molecular weight is 226 g/mol. The van der Waals surface area contributed by atoms with Gasteiger partial charge in [0, 0.05) is 6.54 Å². The van der Waals surface area contributed by atoms with Gasteiger partial charge in [-0.25, -0.2) is 0 Å². The SMILES string of the molecule is CN1CCC(c2cccc(C3(C#N)CC3)c2)C1. The van der Waals surface area contributed by atoms with Crippen LogP contribution >= 0.6 is 0 Å². The third kappa shape index (κ3) is 1.85. The maximum absolute atomic E-state index is 9.25. The van der Waals surface area contributed by atoms with Crippen molar-refractivity contribution in [2.45, 2.75) is 30.6 Å². The first-order chi connectivity index (χ1) is 8.23. The summed E-state index contributed by atoms with van der Waals surface area (Å²) in [5.41, 5.74) is 2.53. The van der Waals surface area contributed by atoms with Crippen LogP contribution in [0.3, 0.4) is 0 Å². The predicted molar refractivity (Wildman–Crippen MR) is 67.8 cm³/mol. The van der Waals surface area contributed by atoms with E-state index in [-0.39, 0.29) is 5.41 Å². The van der Waals surface area contributed by atoms with Crippen molar-refractivity contribution >= 4 is 0 Å². The van der Waals surface area contributed by atoms with Gasteiger partial charge >= 0.3 is 0 Å². The second-order valence-electron chi connectivity index (χ2n) is 5.57. The molecular weight excluding hydrogens is 208 g/mol. The van der Waals surface area contributed by atoms with Crippen LogP contribution in [0.5, 0.6) is 0 Å². The number of nitrogens with zero attached hydrogens (tertiary/aromatic N) is 2. The van der Waals surface area contributed by atoms with Gasteiger partial charge in [0.05, 0.1) is 11.5 Å². The molecule has 3 rings (SSSR count). The largest absolute Gasteiger partial charge is 0.306 e. The first-order valence-electron chi connectivity index (χ1n) is 6.44. The molecule has 0 spiro atoms. The van der Waals surface area contributed by atoms with Crippen LogP contribution in [0.15, 0.2) is 24.3 Å². The number of rotatable bonds is 2. The zero-order chi connectivity index (χ0) is 11.9. The summed E-state index contributed by atoms with van der Waals surface area (Å²) in [5.74, 6) is 0.662. The molecule has 0 radical (unpaired) electrons. The van der Waals surface area contributed by atoms with Crippen molar-refractivity contribution in [3.63, 3.8) is 0 Å². The normalized spacial score (nSPS) is 26.7. The Morgan fingerprint density at radius 2 is 2.24 bits per heavy atom. The second kappa shape index (κ2) is 3.85. The van der Waals surface area contributed by atoms with Crippen molar-refractivity contribution in [1.29, 1.82) is 5.26 Å². The van der Waals surface area contributed by atoms with Gasteiger partial charge in [0.2, 0.25) is 0 Å². The number of hydrogen-bond acceptors (Lipinski definition) is 2. The Kier molecular flexibility index (Phi) is 2.45. The Hall–Kier alpha value is -1.33. The average Bonchev–Trinajstić information content (AvgIpc) is 3.06. The van der Waals surface area contributed by atoms with Gasteiger partial charge in [-0.3, -0.25) is 0 Å². The highest BCUT2D eigenvalue weighted by Gasteiger charge is 2.45. The summed E-state index contributed by atoms with van der Waals surface area (Å²) in [7, 11) is 2.18. The minimum Gasteiger partial charge on any atom is -0.306 e. The summed E-state index contributed by atoms with van der Waals surface area (Å²) in [5, 5.41) is 9.25. The van der Waals surface area contributed by atoms with Crippen molar-refractivity contribution in [2.75, 3.05) is 20.1 Å². The van der Waals surface area contributed by atoms with Gasteiger partial charge in [-0.1, -0.05) is 24.3 Å². The maximum Gasteiger partial charge on any atom is 0.0823 e. The minimum atomic E-state index is -0.138. The molecule has 1 unspecified atom stereocenters. The topological polar surface area (TPSA) is 27.0 Å². The third-order valence-corrected chi connectivity index (χ3v) is 4.27. The van der Waals surface area contributed by atoms with E-state index in [1.165, 1.54) is 24.1 Å². The lowest BCUT2D eigenvalue weighted by molar-refractivity contribution is 0.411. The van der Waals surface area contributed by atoms with Crippen molar-refractivity contribution in [3.05, 3.63) is 35.4 Å². The van der Waals surface area contributed by atoms with E-state index in [9.17, 15) is 5.26 Å². The Bertz CT molecular complexity index is 468. The third-order valence-electron chi connectivity index (χ3n) is 4.27. The van der Waals surface area contributed by atoms with Gasteiger partial charge in [0.15, 0.2) is 0 Å². The molecule has 17 heavy (non-hydrogen) atoms. The summed E-state index contributed by atoms with van der Waals surface area (Å²) >= 11 is 0. The fraction of sp³-hybridized carbons (Fsp3) is 0.533. The van der Waals surface area contributed by atoms with Crippen molar-refractivity contribution < 1.29 is 0 Å². The molecule has 1 saturated heterocycles. The highest BCUT2D eigenvalue weighted by Crippen LogP contribution is 2.48. The van der Waals surface area contributed by atoms with Crippen LogP contribution in [0.2, 0.25) is 0 Å². The van der Waals surface area contributed by atoms with Gasteiger partial charge in [0.25, 0.3) is 0 Å². The highest BCUT2D eigenvalue weighted by molar-refractivity contribution is 5.41. The Morgan fingerprint density at radius 1 is 1.41 bits per heavy atom. The number of nitriles is 1. The fourth-order valence-corrected chi connectivity index (χ4v) is 2.89. The zero-order valence-corrected chi connectivity index (χ0v) is 10.3. The van der Waals surface area contributed by atoms with E-state index in [0.29, 0.717) is 5.92 Å². The molecule has 2 fully saturated rings. The van der Waals surface area contributed by atoms with Gasteiger partial charge in [-0.15, -0.1) is 0 Å². The summed E-state index contributed by atoms with van der Waals surface area (Å²) in [6.07, 6.45) is 3.33. The zero-order valence-electron chi connectivity index (χ0n) is 10.3. The first-order valence-corrected chi connectivity index (χ1v) is 6.44. The Morgan fingerprint density at radius 3 is 2.82 bits per heavy atom. The first kappa shape index (κ1) is 10.8. The van der Waals surface area contributed by atoms with E-state index in [1.807, 2.05) is 0 Å². The molecule has 88 valence electrons. The van der Waals surface area contributed by atoms with Gasteiger partial charge in [0.1, 0.15) is 0 Å². The van der Waals surface area contributed by atoms with Crippen LogP contribution in [-0.4, -0.2) is 25.0 Å². The Balaban J connectivity index is 1.88. The molecule has 0 N–H and O–H groups in total. The molecule has 1 aromatic rings. The van der Waals surface area contributed by atoms with Crippen LogP contribution in [0.4, 0.5) is 0 Å². The quantitative estimate of drug-likeness (QED) is 0.775. The van der Waals surface area contributed by atoms with E-state index in [2.05, 4.69) is 42.3 Å². The van der Waals surface area contributed by atoms with Crippen LogP contribution in [0.25, 0.3) is 0 Å². The summed E-state index contributed by atoms with van der Waals surface area (Å²) in [6, 6.07) is 11.2. The molecule has 0 amide bonds. The molecule has 1 atom stereocenters. The van der Waals surface area contributed by atoms with Gasteiger partial charge in [-0.05, 0) is 49.9 Å². The van der Waals surface area contributed by atoms with E-state index in [0.717, 1.165) is 19.4 Å². The van der Waals surface area contributed by atoms with E-state index < -0.39 is 0 Å². The summed E-state index contributed by atoms with van der Waals surface area (Å²) < 4.78 is 0. The highest BCUT2D eigenvalue weighted by atomic mass is 15.1. The molecule has 1 aromatic carbocycles. The number of benzene rings is 1. The number of hydrogen-bond donors (Lipinski definition) is 0. The predicted octanol–water partition coefficient (Wildman–Crippen LogP) is 2.66. The maximum atomic E-state index is 9.25. The smallest absolute Gasteiger partial charge is 0.0823 e. The van der Waals surface area contributed by atoms with Crippen molar-refractivity contribution in [1.82, 2.24) is 4.90 Å². The van der Waals surface area contributed by atoms with Crippen LogP contribution in [0, 0.1) is 11.3 Å². The number of likely N-dealkylation sites (tertiary alicyclic amines) is 1. The van der Waals surface area contributed by atoms with E-state index in [1.54, 1.807) is 0 Å². The lowest BCUT2D eigenvalue weighted by Crippen LogP contribution is -2.13. The molecule has 1 heterocycles. The molecule has 1 saturated carbocycles. The molecule has 2 heteroatoms. The second-order valence-corrected chi connectivity index (χ2v) is 5.57.